The topological polar surface area (TPSA) is 66.6 Å². The molecule has 0 saturated heterocycles. The van der Waals surface area contributed by atoms with Crippen LogP contribution in [0.4, 0.5) is 4.39 Å². The van der Waals surface area contributed by atoms with Crippen LogP contribution in [0.25, 0.3) is 0 Å². The molecule has 0 aliphatic carbocycles. The number of nitrogens with two attached hydrogens (primary N) is 1. The van der Waals surface area contributed by atoms with Gasteiger partial charge in [-0.2, -0.15) is 0 Å². The molecule has 1 aromatic carbocycles. The third kappa shape index (κ3) is 3.42. The third-order valence-corrected chi connectivity index (χ3v) is 3.03. The molecule has 3 N–H and O–H groups in total. The molecule has 0 unspecified atom stereocenters. The molecule has 0 atom stereocenters. The number of nitrogens with zero attached hydrogens (tertiary/aromatic N) is 1. The van der Waals surface area contributed by atoms with E-state index in [9.17, 15) is 9.18 Å². The molecule has 0 fully saturated rings. The quantitative estimate of drug-likeness (QED) is 0.813. The first-order valence-corrected chi connectivity index (χ1v) is 5.96. The summed E-state index contributed by atoms with van der Waals surface area (Å²) in [4.78, 5) is 10.8. The van der Waals surface area contributed by atoms with Crippen molar-refractivity contribution in [3.63, 3.8) is 0 Å². The van der Waals surface area contributed by atoms with E-state index < -0.39 is 5.97 Å². The zero-order valence-corrected chi connectivity index (χ0v) is 10.3. The van der Waals surface area contributed by atoms with Crippen LogP contribution in [0.5, 0.6) is 0 Å². The van der Waals surface area contributed by atoms with Gasteiger partial charge in [0.25, 0.3) is 0 Å². The van der Waals surface area contributed by atoms with Crippen molar-refractivity contribution in [2.45, 2.75) is 12.8 Å². The zero-order valence-electron chi connectivity index (χ0n) is 10.3. The largest absolute Gasteiger partial charge is 0.477 e. The lowest BCUT2D eigenvalue weighted by molar-refractivity contribution is -0.134. The fraction of sp³-hybridized carbons (Fsp3) is 0.214. The van der Waals surface area contributed by atoms with Gasteiger partial charge in [-0.1, -0.05) is 18.2 Å². The van der Waals surface area contributed by atoms with Gasteiger partial charge in [-0.25, -0.2) is 15.0 Å². The Kier molecular flexibility index (Phi) is 3.97. The Morgan fingerprint density at radius 3 is 2.53 bits per heavy atom. The highest BCUT2D eigenvalue weighted by molar-refractivity contribution is 5.86. The van der Waals surface area contributed by atoms with Gasteiger partial charge in [-0.3, -0.25) is 0 Å². The Morgan fingerprint density at radius 1 is 1.26 bits per heavy atom. The van der Waals surface area contributed by atoms with Crippen molar-refractivity contribution in [3.8, 4) is 0 Å². The van der Waals surface area contributed by atoms with Crippen LogP contribution in [0.15, 0.2) is 47.7 Å². The summed E-state index contributed by atoms with van der Waals surface area (Å²) in [6.45, 7) is 0.402. The molecular formula is C14H15FN2O2. The van der Waals surface area contributed by atoms with Crippen molar-refractivity contribution in [1.29, 1.82) is 0 Å². The number of allylic oxidation sites excluding steroid dienone is 2. The van der Waals surface area contributed by atoms with Gasteiger partial charge in [-0.05, 0) is 42.2 Å². The maximum absolute atomic E-state index is 12.8. The number of aryl methyl sites for hydroxylation is 1. The predicted octanol–water partition coefficient (Wildman–Crippen LogP) is 1.84. The number of aliphatic carboxylic acids is 1. The van der Waals surface area contributed by atoms with Gasteiger partial charge in [0, 0.05) is 0 Å². The van der Waals surface area contributed by atoms with E-state index in [1.54, 1.807) is 18.2 Å². The highest BCUT2D eigenvalue weighted by Gasteiger charge is 2.17. The van der Waals surface area contributed by atoms with Crippen molar-refractivity contribution < 1.29 is 14.3 Å². The van der Waals surface area contributed by atoms with E-state index >= 15 is 0 Å². The van der Waals surface area contributed by atoms with Crippen LogP contribution in [0.1, 0.15) is 12.0 Å². The molecule has 0 saturated carbocycles. The minimum atomic E-state index is -1.03. The summed E-state index contributed by atoms with van der Waals surface area (Å²) in [5.74, 6) is 4.37. The number of carboxylic acids is 1. The van der Waals surface area contributed by atoms with E-state index in [4.69, 9.17) is 10.9 Å². The Labute approximate surface area is 110 Å². The molecule has 1 aliphatic rings. The maximum atomic E-state index is 12.8. The fourth-order valence-corrected chi connectivity index (χ4v) is 1.96. The SMILES string of the molecule is NN1CC(CCc2ccc(F)cc2)=CC=C1C(=O)O. The molecular weight excluding hydrogens is 247 g/mol. The summed E-state index contributed by atoms with van der Waals surface area (Å²) < 4.78 is 12.8. The van der Waals surface area contributed by atoms with E-state index in [0.717, 1.165) is 24.0 Å². The number of hydrogen-bond acceptors (Lipinski definition) is 3. The summed E-state index contributed by atoms with van der Waals surface area (Å²) in [5.41, 5.74) is 2.18. The first-order valence-electron chi connectivity index (χ1n) is 5.96. The smallest absolute Gasteiger partial charge is 0.353 e. The number of rotatable bonds is 4. The summed E-state index contributed by atoms with van der Waals surface area (Å²) >= 11 is 0. The highest BCUT2D eigenvalue weighted by atomic mass is 19.1. The van der Waals surface area contributed by atoms with Crippen molar-refractivity contribution in [2.24, 2.45) is 5.84 Å². The van der Waals surface area contributed by atoms with Crippen LogP contribution in [-0.4, -0.2) is 22.6 Å². The third-order valence-electron chi connectivity index (χ3n) is 3.03. The Morgan fingerprint density at radius 2 is 1.95 bits per heavy atom. The lowest BCUT2D eigenvalue weighted by Crippen LogP contribution is -2.37. The average Bonchev–Trinajstić information content (AvgIpc) is 2.37. The van der Waals surface area contributed by atoms with Gasteiger partial charge in [0.1, 0.15) is 11.5 Å². The monoisotopic (exact) mass is 262 g/mol. The first-order chi connectivity index (χ1) is 9.06. The number of hydrogen-bond donors (Lipinski definition) is 2. The minimum Gasteiger partial charge on any atom is -0.477 e. The lowest BCUT2D eigenvalue weighted by atomic mass is 10.0. The molecule has 1 aromatic rings. The number of carbonyl (C=O) groups is 1. The Bertz CT molecular complexity index is 535. The highest BCUT2D eigenvalue weighted by Crippen LogP contribution is 2.16. The van der Waals surface area contributed by atoms with E-state index in [1.807, 2.05) is 0 Å². The van der Waals surface area contributed by atoms with Crippen LogP contribution in [0.2, 0.25) is 0 Å². The average molecular weight is 262 g/mol. The summed E-state index contributed by atoms with van der Waals surface area (Å²) in [5, 5.41) is 10.1. The van der Waals surface area contributed by atoms with E-state index in [-0.39, 0.29) is 11.5 Å². The fourth-order valence-electron chi connectivity index (χ4n) is 1.96. The van der Waals surface area contributed by atoms with E-state index in [2.05, 4.69) is 0 Å². The van der Waals surface area contributed by atoms with Crippen molar-refractivity contribution in [1.82, 2.24) is 5.01 Å². The van der Waals surface area contributed by atoms with Gasteiger partial charge >= 0.3 is 5.97 Å². The lowest BCUT2D eigenvalue weighted by Gasteiger charge is -2.23. The number of benzene rings is 1. The van der Waals surface area contributed by atoms with Crippen LogP contribution < -0.4 is 5.84 Å². The van der Waals surface area contributed by atoms with Crippen LogP contribution in [-0.2, 0) is 11.2 Å². The standard InChI is InChI=1S/C14H15FN2O2/c15-12-6-3-10(4-7-12)1-2-11-5-8-13(14(18)19)17(16)9-11/h3-8H,1-2,9,16H2,(H,18,19). The summed E-state index contributed by atoms with van der Waals surface area (Å²) in [6.07, 6.45) is 4.83. The molecule has 0 aromatic heterocycles. The minimum absolute atomic E-state index is 0.0885. The second-order valence-electron chi connectivity index (χ2n) is 4.44. The number of halogens is 1. The zero-order chi connectivity index (χ0) is 13.8. The molecule has 5 heteroatoms. The van der Waals surface area contributed by atoms with Gasteiger partial charge < -0.3 is 10.1 Å². The summed E-state index contributed by atoms with van der Waals surface area (Å²) in [6, 6.07) is 6.36. The van der Waals surface area contributed by atoms with E-state index in [1.165, 1.54) is 23.2 Å². The van der Waals surface area contributed by atoms with Crippen molar-refractivity contribution in [2.75, 3.05) is 6.54 Å². The van der Waals surface area contributed by atoms with Gasteiger partial charge in [-0.15, -0.1) is 0 Å². The molecule has 0 bridgehead atoms. The molecule has 100 valence electrons. The molecule has 0 radical (unpaired) electrons. The molecule has 2 rings (SSSR count). The second-order valence-corrected chi connectivity index (χ2v) is 4.44. The number of carboxylic acid groups (broad SMARTS) is 1. The molecule has 1 aliphatic heterocycles. The molecule has 0 spiro atoms. The predicted molar refractivity (Wildman–Crippen MR) is 69.4 cm³/mol. The van der Waals surface area contributed by atoms with E-state index in [0.29, 0.717) is 6.54 Å². The Hall–Kier alpha value is -2.14. The maximum Gasteiger partial charge on any atom is 0.353 e. The molecule has 4 nitrogen and oxygen atoms in total. The molecule has 19 heavy (non-hydrogen) atoms. The van der Waals surface area contributed by atoms with Crippen LogP contribution in [0, 0.1) is 5.82 Å². The van der Waals surface area contributed by atoms with Gasteiger partial charge in [0.05, 0.1) is 6.54 Å². The molecule has 1 heterocycles. The van der Waals surface area contributed by atoms with Crippen LogP contribution >= 0.6 is 0 Å². The number of hydrazine groups is 1. The second kappa shape index (κ2) is 5.67. The Balaban J connectivity index is 1.97. The summed E-state index contributed by atoms with van der Waals surface area (Å²) in [7, 11) is 0. The first kappa shape index (κ1) is 13.3. The van der Waals surface area contributed by atoms with Crippen molar-refractivity contribution in [3.05, 3.63) is 59.1 Å². The van der Waals surface area contributed by atoms with Gasteiger partial charge in [0.15, 0.2) is 0 Å². The normalized spacial score (nSPS) is 14.9. The van der Waals surface area contributed by atoms with Gasteiger partial charge in [0.2, 0.25) is 0 Å². The molecule has 0 amide bonds. The van der Waals surface area contributed by atoms with Crippen molar-refractivity contribution >= 4 is 5.97 Å². The van der Waals surface area contributed by atoms with Crippen LogP contribution in [0.3, 0.4) is 0 Å².